The van der Waals surface area contributed by atoms with Gasteiger partial charge in [0.1, 0.15) is 5.69 Å². The van der Waals surface area contributed by atoms with Crippen LogP contribution in [0.4, 0.5) is 11.4 Å². The van der Waals surface area contributed by atoms with Crippen LogP contribution in [0, 0.1) is 6.92 Å². The summed E-state index contributed by atoms with van der Waals surface area (Å²) in [7, 11) is 3.17. The highest BCUT2D eigenvalue weighted by Crippen LogP contribution is 2.20. The summed E-state index contributed by atoms with van der Waals surface area (Å²) in [4.78, 5) is 36.9. The summed E-state index contributed by atoms with van der Waals surface area (Å²) >= 11 is 0. The van der Waals surface area contributed by atoms with Gasteiger partial charge in [-0.25, -0.2) is 4.79 Å². The normalized spacial score (nSPS) is 10.8. The fourth-order valence-electron chi connectivity index (χ4n) is 2.81. The number of nitrogens with one attached hydrogen (secondary N) is 2. The Bertz CT molecular complexity index is 1110. The molecule has 12 nitrogen and oxygen atoms in total. The average Bonchev–Trinajstić information content (AvgIpc) is 3.34. The van der Waals surface area contributed by atoms with Crippen LogP contribution in [0.1, 0.15) is 44.0 Å². The first-order valence-electron chi connectivity index (χ1n) is 8.67. The van der Waals surface area contributed by atoms with Gasteiger partial charge in [0.25, 0.3) is 11.8 Å². The lowest BCUT2D eigenvalue weighted by Gasteiger charge is -2.10. The summed E-state index contributed by atoms with van der Waals surface area (Å²) in [6.07, 6.45) is 4.01. The van der Waals surface area contributed by atoms with Crippen molar-refractivity contribution in [3.8, 4) is 0 Å². The summed E-state index contributed by atoms with van der Waals surface area (Å²) < 4.78 is 4.13. The minimum atomic E-state index is -1.29. The quantitative estimate of drug-likeness (QED) is 0.556. The summed E-state index contributed by atoms with van der Waals surface area (Å²) in [6, 6.07) is 0. The summed E-state index contributed by atoms with van der Waals surface area (Å²) in [6.45, 7) is 3.99. The molecule has 0 aliphatic rings. The zero-order valence-corrected chi connectivity index (χ0v) is 16.3. The predicted octanol–water partition coefficient (Wildman–Crippen LogP) is 0.881. The van der Waals surface area contributed by atoms with Gasteiger partial charge in [-0.15, -0.1) is 0 Å². The molecule has 2 amide bonds. The van der Waals surface area contributed by atoms with E-state index in [1.54, 1.807) is 25.6 Å². The van der Waals surface area contributed by atoms with Crippen molar-refractivity contribution < 1.29 is 19.5 Å². The fourth-order valence-corrected chi connectivity index (χ4v) is 2.81. The Morgan fingerprint density at radius 1 is 0.931 bits per heavy atom. The van der Waals surface area contributed by atoms with Crippen LogP contribution in [0.25, 0.3) is 0 Å². The standard InChI is InChI=1S/C17H20N8O4/c1-5-25-14(16(27)21-11-7-19-23(3)9(11)2)12(8-20-25)22-15(26)10-6-18-24(4)13(10)17(28)29/h6-8H,5H2,1-4H3,(H,21,27)(H,22,26)(H,28,29). The maximum atomic E-state index is 12.9. The second-order valence-electron chi connectivity index (χ2n) is 6.23. The number of amides is 2. The van der Waals surface area contributed by atoms with Gasteiger partial charge in [0.2, 0.25) is 0 Å². The zero-order valence-electron chi connectivity index (χ0n) is 16.3. The Morgan fingerprint density at radius 2 is 1.55 bits per heavy atom. The van der Waals surface area contributed by atoms with E-state index in [0.717, 1.165) is 16.6 Å². The number of carbonyl (C=O) groups excluding carboxylic acids is 2. The molecule has 3 rings (SSSR count). The van der Waals surface area contributed by atoms with Gasteiger partial charge in [-0.05, 0) is 13.8 Å². The highest BCUT2D eigenvalue weighted by atomic mass is 16.4. The summed E-state index contributed by atoms with van der Waals surface area (Å²) in [5.74, 6) is -2.48. The minimum absolute atomic E-state index is 0.126. The molecule has 0 bridgehead atoms. The van der Waals surface area contributed by atoms with Gasteiger partial charge in [-0.3, -0.25) is 23.6 Å². The monoisotopic (exact) mass is 400 g/mol. The number of hydrogen-bond donors (Lipinski definition) is 3. The van der Waals surface area contributed by atoms with Crippen molar-refractivity contribution in [1.82, 2.24) is 29.3 Å². The van der Waals surface area contributed by atoms with Gasteiger partial charge in [0.05, 0.1) is 41.2 Å². The molecule has 3 aromatic rings. The summed E-state index contributed by atoms with van der Waals surface area (Å²) in [5.41, 5.74) is 1.18. The number of carboxylic acid groups (broad SMARTS) is 1. The van der Waals surface area contributed by atoms with Crippen molar-refractivity contribution in [2.45, 2.75) is 20.4 Å². The van der Waals surface area contributed by atoms with Gasteiger partial charge in [-0.1, -0.05) is 0 Å². The van der Waals surface area contributed by atoms with E-state index < -0.39 is 17.8 Å². The predicted molar refractivity (Wildman–Crippen MR) is 102 cm³/mol. The molecule has 0 unspecified atom stereocenters. The SMILES string of the molecule is CCn1ncc(NC(=O)c2cnn(C)c2C(=O)O)c1C(=O)Nc1cnn(C)c1C. The molecule has 152 valence electrons. The van der Waals surface area contributed by atoms with Crippen LogP contribution >= 0.6 is 0 Å². The number of nitrogens with zero attached hydrogens (tertiary/aromatic N) is 6. The van der Waals surface area contributed by atoms with Crippen molar-refractivity contribution in [1.29, 1.82) is 0 Å². The van der Waals surface area contributed by atoms with E-state index in [0.29, 0.717) is 12.2 Å². The lowest BCUT2D eigenvalue weighted by Crippen LogP contribution is -2.22. The van der Waals surface area contributed by atoms with E-state index in [-0.39, 0.29) is 22.6 Å². The molecule has 0 radical (unpaired) electrons. The average molecular weight is 400 g/mol. The maximum Gasteiger partial charge on any atom is 0.354 e. The Hall–Kier alpha value is -3.96. The van der Waals surface area contributed by atoms with E-state index in [1.165, 1.54) is 24.1 Å². The number of carbonyl (C=O) groups is 3. The van der Waals surface area contributed by atoms with Gasteiger partial charge >= 0.3 is 5.97 Å². The first kappa shape index (κ1) is 19.8. The number of aromatic nitrogens is 6. The molecular weight excluding hydrogens is 380 g/mol. The second kappa shape index (κ2) is 7.58. The van der Waals surface area contributed by atoms with E-state index in [1.807, 2.05) is 0 Å². The first-order valence-corrected chi connectivity index (χ1v) is 8.67. The molecular formula is C17H20N8O4. The second-order valence-corrected chi connectivity index (χ2v) is 6.23. The van der Waals surface area contributed by atoms with E-state index >= 15 is 0 Å². The molecule has 0 saturated heterocycles. The molecule has 0 fully saturated rings. The molecule has 0 aliphatic carbocycles. The van der Waals surface area contributed by atoms with E-state index in [4.69, 9.17) is 0 Å². The molecule has 3 heterocycles. The lowest BCUT2D eigenvalue weighted by molar-refractivity contribution is 0.0680. The smallest absolute Gasteiger partial charge is 0.354 e. The van der Waals surface area contributed by atoms with Crippen LogP contribution in [0.5, 0.6) is 0 Å². The van der Waals surface area contributed by atoms with E-state index in [2.05, 4.69) is 25.9 Å². The topological polar surface area (TPSA) is 149 Å². The Labute approximate surface area is 165 Å². The van der Waals surface area contributed by atoms with Gasteiger partial charge in [0.15, 0.2) is 5.69 Å². The number of anilines is 2. The number of carboxylic acids is 1. The van der Waals surface area contributed by atoms with Crippen LogP contribution < -0.4 is 10.6 Å². The van der Waals surface area contributed by atoms with Crippen LogP contribution in [0.15, 0.2) is 18.6 Å². The molecule has 0 atom stereocenters. The number of aryl methyl sites for hydroxylation is 3. The van der Waals surface area contributed by atoms with Crippen LogP contribution in [0.2, 0.25) is 0 Å². The third-order valence-electron chi connectivity index (χ3n) is 4.47. The maximum absolute atomic E-state index is 12.9. The van der Waals surface area contributed by atoms with Crippen molar-refractivity contribution in [2.24, 2.45) is 14.1 Å². The lowest BCUT2D eigenvalue weighted by atomic mass is 10.2. The van der Waals surface area contributed by atoms with Crippen molar-refractivity contribution in [3.63, 3.8) is 0 Å². The Morgan fingerprint density at radius 3 is 2.14 bits per heavy atom. The highest BCUT2D eigenvalue weighted by molar-refractivity contribution is 6.13. The van der Waals surface area contributed by atoms with Crippen LogP contribution in [-0.2, 0) is 20.6 Å². The molecule has 29 heavy (non-hydrogen) atoms. The fraction of sp³-hybridized carbons (Fsp3) is 0.294. The summed E-state index contributed by atoms with van der Waals surface area (Å²) in [5, 5.41) is 26.6. The van der Waals surface area contributed by atoms with Crippen molar-refractivity contribution in [3.05, 3.63) is 41.2 Å². The molecule has 0 saturated carbocycles. The third kappa shape index (κ3) is 3.59. The molecule has 0 aromatic carbocycles. The molecule has 0 spiro atoms. The minimum Gasteiger partial charge on any atom is -0.477 e. The highest BCUT2D eigenvalue weighted by Gasteiger charge is 2.25. The third-order valence-corrected chi connectivity index (χ3v) is 4.47. The van der Waals surface area contributed by atoms with Crippen LogP contribution in [0.3, 0.4) is 0 Å². The Kier molecular flexibility index (Phi) is 5.17. The molecule has 3 aromatic heterocycles. The number of aromatic carboxylic acids is 1. The Balaban J connectivity index is 1.91. The first-order chi connectivity index (χ1) is 13.7. The molecule has 0 aliphatic heterocycles. The van der Waals surface area contributed by atoms with Gasteiger partial charge < -0.3 is 15.7 Å². The largest absolute Gasteiger partial charge is 0.477 e. The zero-order chi connectivity index (χ0) is 21.3. The van der Waals surface area contributed by atoms with E-state index in [9.17, 15) is 19.5 Å². The van der Waals surface area contributed by atoms with Crippen molar-refractivity contribution >= 4 is 29.2 Å². The number of rotatable bonds is 6. The van der Waals surface area contributed by atoms with Gasteiger partial charge in [-0.2, -0.15) is 15.3 Å². The van der Waals surface area contributed by atoms with Crippen molar-refractivity contribution in [2.75, 3.05) is 10.6 Å². The van der Waals surface area contributed by atoms with Crippen LogP contribution in [-0.4, -0.2) is 52.2 Å². The molecule has 12 heteroatoms. The molecule has 3 N–H and O–H groups in total. The number of hydrogen-bond acceptors (Lipinski definition) is 6. The van der Waals surface area contributed by atoms with Gasteiger partial charge in [0, 0.05) is 20.6 Å².